The van der Waals surface area contributed by atoms with Gasteiger partial charge in [0.05, 0.1) is 24.1 Å². The van der Waals surface area contributed by atoms with Crippen molar-refractivity contribution in [2.24, 2.45) is 0 Å². The van der Waals surface area contributed by atoms with E-state index in [1.807, 2.05) is 25.5 Å². The Bertz CT molecular complexity index is 817. The summed E-state index contributed by atoms with van der Waals surface area (Å²) in [5.74, 6) is -0.546. The Morgan fingerprint density at radius 1 is 1.31 bits per heavy atom. The number of benzene rings is 1. The first-order chi connectivity index (χ1) is 12.4. The third-order valence-corrected chi connectivity index (χ3v) is 4.36. The van der Waals surface area contributed by atoms with E-state index in [-0.39, 0.29) is 5.56 Å². The van der Waals surface area contributed by atoms with E-state index in [2.05, 4.69) is 15.7 Å². The van der Waals surface area contributed by atoms with Crippen LogP contribution in [0.4, 0.5) is 10.5 Å². The molecule has 0 aliphatic heterocycles. The molecule has 1 heterocycles. The summed E-state index contributed by atoms with van der Waals surface area (Å²) in [6.07, 6.45) is 0.671. The van der Waals surface area contributed by atoms with Gasteiger partial charge in [-0.25, -0.2) is 9.59 Å². The lowest BCUT2D eigenvalue weighted by atomic mass is 10.1. The average molecular weight is 379 g/mol. The minimum atomic E-state index is -0.546. The molecule has 2 aromatic rings. The van der Waals surface area contributed by atoms with Crippen molar-refractivity contribution in [3.8, 4) is 0 Å². The second-order valence-corrected chi connectivity index (χ2v) is 6.21. The number of halogens is 1. The maximum Gasteiger partial charge on any atom is 0.339 e. The van der Waals surface area contributed by atoms with Gasteiger partial charge in [-0.05, 0) is 51.0 Å². The minimum Gasteiger partial charge on any atom is -0.465 e. The summed E-state index contributed by atoms with van der Waals surface area (Å²) in [6, 6.07) is 4.16. The number of hydrogen-bond acceptors (Lipinski definition) is 4. The molecule has 0 spiro atoms. The Morgan fingerprint density at radius 3 is 2.65 bits per heavy atom. The van der Waals surface area contributed by atoms with Crippen LogP contribution in [0, 0.1) is 13.8 Å². The first kappa shape index (κ1) is 19.8. The van der Waals surface area contributed by atoms with Gasteiger partial charge in [-0.3, -0.25) is 4.68 Å². The Morgan fingerprint density at radius 2 is 2.04 bits per heavy atom. The third-order valence-electron chi connectivity index (χ3n) is 4.13. The number of methoxy groups -OCH3 is 1. The quantitative estimate of drug-likeness (QED) is 0.755. The first-order valence-electron chi connectivity index (χ1n) is 8.33. The summed E-state index contributed by atoms with van der Waals surface area (Å²) >= 11 is 5.95. The van der Waals surface area contributed by atoms with Crippen molar-refractivity contribution >= 4 is 29.3 Å². The molecule has 0 saturated carbocycles. The molecule has 0 fully saturated rings. The minimum absolute atomic E-state index is 0.239. The number of rotatable bonds is 6. The lowest BCUT2D eigenvalue weighted by Gasteiger charge is -2.11. The lowest BCUT2D eigenvalue weighted by molar-refractivity contribution is 0.0602. The maximum atomic E-state index is 12.2. The van der Waals surface area contributed by atoms with E-state index in [1.165, 1.54) is 19.2 Å². The molecule has 1 aromatic carbocycles. The second-order valence-electron chi connectivity index (χ2n) is 5.78. The Labute approximate surface area is 157 Å². The highest BCUT2D eigenvalue weighted by molar-refractivity contribution is 6.31. The number of carbonyl (C=O) groups excluding carboxylic acids is 2. The molecule has 2 amide bonds. The van der Waals surface area contributed by atoms with Crippen LogP contribution in [0.1, 0.15) is 34.2 Å². The zero-order valence-corrected chi connectivity index (χ0v) is 16.1. The first-order valence-corrected chi connectivity index (χ1v) is 8.70. The molecule has 7 nitrogen and oxygen atoms in total. The van der Waals surface area contributed by atoms with E-state index in [0.717, 1.165) is 23.5 Å². The van der Waals surface area contributed by atoms with Crippen molar-refractivity contribution in [2.75, 3.05) is 19.0 Å². The Kier molecular flexibility index (Phi) is 6.63. The van der Waals surface area contributed by atoms with E-state index in [4.69, 9.17) is 16.3 Å². The normalized spacial score (nSPS) is 10.5. The van der Waals surface area contributed by atoms with Gasteiger partial charge >= 0.3 is 12.0 Å². The Balaban J connectivity index is 1.99. The fraction of sp³-hybridized carbons (Fsp3) is 0.389. The molecule has 0 radical (unpaired) electrons. The molecule has 0 bridgehead atoms. The number of hydrogen-bond donors (Lipinski definition) is 2. The van der Waals surface area contributed by atoms with Gasteiger partial charge in [0.1, 0.15) is 0 Å². The molecular formula is C18H23ClN4O3. The SMILES string of the molecule is CCn1nc(C)c(CCNC(=O)Nc2cc(Cl)ccc2C(=O)OC)c1C. The van der Waals surface area contributed by atoms with Gasteiger partial charge < -0.3 is 15.4 Å². The molecule has 0 unspecified atom stereocenters. The summed E-state index contributed by atoms with van der Waals surface area (Å²) in [4.78, 5) is 24.0. The highest BCUT2D eigenvalue weighted by Gasteiger charge is 2.15. The number of urea groups is 1. The third kappa shape index (κ3) is 4.54. The number of ether oxygens (including phenoxy) is 1. The van der Waals surface area contributed by atoms with Crippen molar-refractivity contribution in [1.29, 1.82) is 0 Å². The lowest BCUT2D eigenvalue weighted by Crippen LogP contribution is -2.31. The van der Waals surface area contributed by atoms with Crippen molar-refractivity contribution in [1.82, 2.24) is 15.1 Å². The molecule has 26 heavy (non-hydrogen) atoms. The van der Waals surface area contributed by atoms with Crippen molar-refractivity contribution in [3.05, 3.63) is 45.7 Å². The Hall–Kier alpha value is -2.54. The molecule has 0 aliphatic rings. The number of amides is 2. The number of aryl methyl sites for hydroxylation is 2. The van der Waals surface area contributed by atoms with Gasteiger partial charge in [0, 0.05) is 23.8 Å². The number of carbonyl (C=O) groups is 2. The van der Waals surface area contributed by atoms with Gasteiger partial charge in [-0.1, -0.05) is 11.6 Å². The number of aromatic nitrogens is 2. The van der Waals surface area contributed by atoms with Gasteiger partial charge in [0.2, 0.25) is 0 Å². The number of anilines is 1. The van der Waals surface area contributed by atoms with Crippen LogP contribution < -0.4 is 10.6 Å². The molecule has 2 rings (SSSR count). The topological polar surface area (TPSA) is 85.3 Å². The second kappa shape index (κ2) is 8.71. The highest BCUT2D eigenvalue weighted by Crippen LogP contribution is 2.22. The van der Waals surface area contributed by atoms with Gasteiger partial charge in [-0.15, -0.1) is 0 Å². The van der Waals surface area contributed by atoms with E-state index in [9.17, 15) is 9.59 Å². The molecule has 0 saturated heterocycles. The van der Waals surface area contributed by atoms with Crippen LogP contribution in [-0.2, 0) is 17.7 Å². The summed E-state index contributed by atoms with van der Waals surface area (Å²) in [5, 5.41) is 10.3. The number of esters is 1. The van der Waals surface area contributed by atoms with E-state index < -0.39 is 12.0 Å². The fourth-order valence-electron chi connectivity index (χ4n) is 2.78. The van der Waals surface area contributed by atoms with Crippen molar-refractivity contribution in [2.45, 2.75) is 33.7 Å². The zero-order valence-electron chi connectivity index (χ0n) is 15.4. The van der Waals surface area contributed by atoms with E-state index in [0.29, 0.717) is 23.7 Å². The average Bonchev–Trinajstić information content (AvgIpc) is 2.88. The van der Waals surface area contributed by atoms with Crippen LogP contribution in [0.2, 0.25) is 5.02 Å². The van der Waals surface area contributed by atoms with Crippen LogP contribution >= 0.6 is 11.6 Å². The van der Waals surface area contributed by atoms with Crippen molar-refractivity contribution < 1.29 is 14.3 Å². The van der Waals surface area contributed by atoms with E-state index in [1.54, 1.807) is 6.07 Å². The van der Waals surface area contributed by atoms with Gasteiger partial charge in [0.15, 0.2) is 0 Å². The molecular weight excluding hydrogens is 356 g/mol. The largest absolute Gasteiger partial charge is 0.465 e. The van der Waals surface area contributed by atoms with E-state index >= 15 is 0 Å². The molecule has 2 N–H and O–H groups in total. The van der Waals surface area contributed by atoms with Crippen LogP contribution in [0.25, 0.3) is 0 Å². The molecule has 0 aliphatic carbocycles. The van der Waals surface area contributed by atoms with Gasteiger partial charge in [-0.2, -0.15) is 5.10 Å². The van der Waals surface area contributed by atoms with Gasteiger partial charge in [0.25, 0.3) is 0 Å². The maximum absolute atomic E-state index is 12.2. The van der Waals surface area contributed by atoms with Crippen LogP contribution in [0.5, 0.6) is 0 Å². The predicted octanol–water partition coefficient (Wildman–Crippen LogP) is 3.32. The summed E-state index contributed by atoms with van der Waals surface area (Å²) < 4.78 is 6.66. The smallest absolute Gasteiger partial charge is 0.339 e. The molecule has 0 atom stereocenters. The van der Waals surface area contributed by atoms with Crippen molar-refractivity contribution in [3.63, 3.8) is 0 Å². The monoisotopic (exact) mass is 378 g/mol. The predicted molar refractivity (Wildman–Crippen MR) is 101 cm³/mol. The highest BCUT2D eigenvalue weighted by atomic mass is 35.5. The van der Waals surface area contributed by atoms with Crippen LogP contribution in [0.15, 0.2) is 18.2 Å². The summed E-state index contributed by atoms with van der Waals surface area (Å²) in [5.41, 5.74) is 3.74. The summed E-state index contributed by atoms with van der Waals surface area (Å²) in [7, 11) is 1.28. The van der Waals surface area contributed by atoms with Crippen LogP contribution in [0.3, 0.4) is 0 Å². The zero-order chi connectivity index (χ0) is 19.3. The number of nitrogens with one attached hydrogen (secondary N) is 2. The standard InChI is InChI=1S/C18H23ClN4O3/c1-5-23-12(3)14(11(2)22-23)8-9-20-18(25)21-16-10-13(19)6-7-15(16)17(24)26-4/h6-7,10H,5,8-9H2,1-4H3,(H2,20,21,25). The van der Waals surface area contributed by atoms with Crippen LogP contribution in [-0.4, -0.2) is 35.4 Å². The fourth-order valence-corrected chi connectivity index (χ4v) is 2.95. The molecule has 140 valence electrons. The summed E-state index contributed by atoms with van der Waals surface area (Å²) in [6.45, 7) is 7.28. The number of nitrogens with zero attached hydrogens (tertiary/aromatic N) is 2. The molecule has 1 aromatic heterocycles. The molecule has 8 heteroatoms.